The molecule has 12 nitrogen and oxygen atoms in total. The molecule has 1 aliphatic heterocycles. The average molecular weight is 570 g/mol. The van der Waals surface area contributed by atoms with Crippen LogP contribution in [-0.4, -0.2) is 87.9 Å². The van der Waals surface area contributed by atoms with Crippen LogP contribution in [-0.2, 0) is 29.6 Å². The molecule has 0 bridgehead atoms. The summed E-state index contributed by atoms with van der Waals surface area (Å²) in [5.41, 5.74) is 1.44. The predicted molar refractivity (Wildman–Crippen MR) is 141 cm³/mol. The highest BCUT2D eigenvalue weighted by molar-refractivity contribution is 7.53. The van der Waals surface area contributed by atoms with E-state index in [0.717, 1.165) is 5.56 Å². The minimum Gasteiger partial charge on any atom is -0.387 e. The number of aliphatic hydroxyl groups is 2. The van der Waals surface area contributed by atoms with Crippen molar-refractivity contribution in [1.29, 1.82) is 0 Å². The number of aromatic nitrogens is 4. The molecule has 2 N–H and O–H groups in total. The Bertz CT molecular complexity index is 1240. The molecule has 1 aliphatic rings. The fourth-order valence-electron chi connectivity index (χ4n) is 4.30. The lowest BCUT2D eigenvalue weighted by molar-refractivity contribution is -0.0682. The van der Waals surface area contributed by atoms with Gasteiger partial charge in [0.2, 0.25) is 5.28 Å². The van der Waals surface area contributed by atoms with Crippen LogP contribution in [0.1, 0.15) is 25.6 Å². The van der Waals surface area contributed by atoms with Crippen LogP contribution < -0.4 is 4.90 Å². The molecule has 0 aliphatic carbocycles. The van der Waals surface area contributed by atoms with Crippen molar-refractivity contribution in [1.82, 2.24) is 19.7 Å². The average Bonchev–Trinajstić information content (AvgIpc) is 3.42. The summed E-state index contributed by atoms with van der Waals surface area (Å²) in [5, 5.41) is 26.4. The van der Waals surface area contributed by atoms with Gasteiger partial charge in [-0.05, 0) is 31.0 Å². The highest BCUT2D eigenvalue weighted by Gasteiger charge is 2.45. The molecule has 0 spiro atoms. The zero-order valence-electron chi connectivity index (χ0n) is 21.5. The number of nitrogens with zero attached hydrogens (tertiary/aromatic N) is 5. The van der Waals surface area contributed by atoms with E-state index in [9.17, 15) is 14.8 Å². The fraction of sp³-hybridized carbons (Fsp3) is 0.542. The number of fused-ring (bicyclic) bond motifs is 1. The second kappa shape index (κ2) is 12.8. The van der Waals surface area contributed by atoms with Crippen LogP contribution in [0.2, 0.25) is 5.28 Å². The van der Waals surface area contributed by atoms with Gasteiger partial charge in [-0.15, -0.1) is 0 Å². The van der Waals surface area contributed by atoms with Gasteiger partial charge in [-0.1, -0.05) is 30.3 Å². The second-order valence-corrected chi connectivity index (χ2v) is 11.3. The maximum Gasteiger partial charge on any atom is 0.332 e. The highest BCUT2D eigenvalue weighted by Crippen LogP contribution is 2.47. The molecule has 0 unspecified atom stereocenters. The number of ether oxygens (including phenoxy) is 2. The molecule has 1 fully saturated rings. The molecule has 0 radical (unpaired) electrons. The van der Waals surface area contributed by atoms with Gasteiger partial charge in [0, 0.05) is 13.6 Å². The van der Waals surface area contributed by atoms with Crippen molar-refractivity contribution in [2.45, 2.75) is 44.9 Å². The lowest BCUT2D eigenvalue weighted by Gasteiger charge is -2.20. The third-order valence-electron chi connectivity index (χ3n) is 6.05. The van der Waals surface area contributed by atoms with Gasteiger partial charge in [0.15, 0.2) is 11.9 Å². The molecule has 0 saturated carbocycles. The Kier molecular flexibility index (Phi) is 9.72. The van der Waals surface area contributed by atoms with Crippen molar-refractivity contribution < 1.29 is 33.3 Å². The van der Waals surface area contributed by atoms with Gasteiger partial charge < -0.3 is 33.6 Å². The zero-order valence-corrected chi connectivity index (χ0v) is 23.2. The Labute approximate surface area is 226 Å². The van der Waals surface area contributed by atoms with E-state index in [-0.39, 0.29) is 37.9 Å². The zero-order chi connectivity index (χ0) is 27.3. The minimum atomic E-state index is -3.25. The number of aliphatic hydroxyl groups excluding tert-OH is 2. The first kappa shape index (κ1) is 28.8. The number of hydrogen-bond acceptors (Lipinski definition) is 11. The standard InChI is InChI=1S/C24H33ClN5O7P/c1-4-35-38(33,36-5-2)12-11-34-15-18-19(31)20(32)23(37-18)30-22-17(13-26-30)21(27-24(25)28-22)29(3)14-16-9-7-6-8-10-16/h6-10,13,18-20,23,31-32H,4-5,11-12,14-15H2,1-3H3/t18-,19-,20-,23-/m1/s1. The quantitative estimate of drug-likeness (QED) is 0.178. The van der Waals surface area contributed by atoms with Crippen LogP contribution in [0.5, 0.6) is 0 Å². The third-order valence-corrected chi connectivity index (χ3v) is 8.25. The van der Waals surface area contributed by atoms with Crippen LogP contribution in [0.4, 0.5) is 5.82 Å². The highest BCUT2D eigenvalue weighted by atomic mass is 35.5. The van der Waals surface area contributed by atoms with E-state index in [1.54, 1.807) is 20.0 Å². The van der Waals surface area contributed by atoms with Crippen molar-refractivity contribution in [3.63, 3.8) is 0 Å². The molecule has 0 amide bonds. The van der Waals surface area contributed by atoms with Crippen LogP contribution in [0.25, 0.3) is 11.0 Å². The van der Waals surface area contributed by atoms with E-state index in [2.05, 4.69) is 15.1 Å². The number of hydrogen-bond donors (Lipinski definition) is 2. The van der Waals surface area contributed by atoms with Gasteiger partial charge in [0.25, 0.3) is 0 Å². The first-order chi connectivity index (χ1) is 18.3. The number of rotatable bonds is 13. The van der Waals surface area contributed by atoms with Crippen LogP contribution in [0.15, 0.2) is 36.5 Å². The van der Waals surface area contributed by atoms with E-state index >= 15 is 0 Å². The van der Waals surface area contributed by atoms with E-state index in [4.69, 9.17) is 30.1 Å². The Morgan fingerprint density at radius 2 is 1.84 bits per heavy atom. The van der Waals surface area contributed by atoms with Crippen molar-refractivity contribution in [3.05, 3.63) is 47.4 Å². The normalized spacial score (nSPS) is 21.8. The summed E-state index contributed by atoms with van der Waals surface area (Å²) in [7, 11) is -1.36. The molecule has 208 valence electrons. The predicted octanol–water partition coefficient (Wildman–Crippen LogP) is 3.02. The summed E-state index contributed by atoms with van der Waals surface area (Å²) in [6.07, 6.45) is -2.81. The number of anilines is 1. The van der Waals surface area contributed by atoms with Crippen LogP contribution in [0, 0.1) is 0 Å². The number of halogens is 1. The van der Waals surface area contributed by atoms with Gasteiger partial charge in [0.1, 0.15) is 24.1 Å². The maximum atomic E-state index is 12.6. The van der Waals surface area contributed by atoms with Crippen molar-refractivity contribution in [2.24, 2.45) is 0 Å². The van der Waals surface area contributed by atoms with E-state index in [0.29, 0.717) is 23.4 Å². The molecule has 3 heterocycles. The Hall–Kier alpha value is -2.15. The monoisotopic (exact) mass is 569 g/mol. The molecule has 4 rings (SSSR count). The molecule has 1 aromatic carbocycles. The summed E-state index contributed by atoms with van der Waals surface area (Å²) < 4.78 is 36.0. The first-order valence-electron chi connectivity index (χ1n) is 12.4. The lowest BCUT2D eigenvalue weighted by atomic mass is 10.1. The molecule has 2 aromatic heterocycles. The van der Waals surface area contributed by atoms with Crippen LogP contribution >= 0.6 is 19.2 Å². The van der Waals surface area contributed by atoms with Gasteiger partial charge in [-0.25, -0.2) is 4.68 Å². The molecule has 14 heteroatoms. The minimum absolute atomic E-state index is 0.00936. The van der Waals surface area contributed by atoms with Crippen molar-refractivity contribution in [2.75, 3.05) is 44.5 Å². The molecule has 3 aromatic rings. The van der Waals surface area contributed by atoms with Crippen LogP contribution in [0.3, 0.4) is 0 Å². The summed E-state index contributed by atoms with van der Waals surface area (Å²) >= 11 is 6.26. The molecular formula is C24H33ClN5O7P. The maximum absolute atomic E-state index is 12.6. The van der Waals surface area contributed by atoms with Gasteiger partial charge in [0.05, 0.1) is 44.2 Å². The summed E-state index contributed by atoms with van der Waals surface area (Å²) in [6.45, 7) is 4.57. The molecular weight excluding hydrogens is 537 g/mol. The van der Waals surface area contributed by atoms with E-state index < -0.39 is 32.1 Å². The first-order valence-corrected chi connectivity index (χ1v) is 14.5. The van der Waals surface area contributed by atoms with E-state index in [1.165, 1.54) is 4.68 Å². The summed E-state index contributed by atoms with van der Waals surface area (Å²) in [5.74, 6) is 0.566. The molecule has 4 atom stereocenters. The number of benzene rings is 1. The largest absolute Gasteiger partial charge is 0.387 e. The van der Waals surface area contributed by atoms with Crippen molar-refractivity contribution in [3.8, 4) is 0 Å². The topological polar surface area (TPSA) is 141 Å². The van der Waals surface area contributed by atoms with Gasteiger partial charge in [-0.2, -0.15) is 15.1 Å². The Balaban J connectivity index is 1.46. The lowest BCUT2D eigenvalue weighted by Crippen LogP contribution is -2.34. The third kappa shape index (κ3) is 6.52. The smallest absolute Gasteiger partial charge is 0.332 e. The fourth-order valence-corrected chi connectivity index (χ4v) is 5.93. The summed E-state index contributed by atoms with van der Waals surface area (Å²) in [4.78, 5) is 10.6. The molecule has 38 heavy (non-hydrogen) atoms. The molecule has 1 saturated heterocycles. The Morgan fingerprint density at radius 1 is 1.13 bits per heavy atom. The SMILES string of the molecule is CCOP(=O)(CCOC[C@H]1O[C@@H](n2ncc3c(N(C)Cc4ccccc4)nc(Cl)nc32)[C@H](O)[C@@H]1O)OCC. The second-order valence-electron chi connectivity index (χ2n) is 8.78. The van der Waals surface area contributed by atoms with Gasteiger partial charge >= 0.3 is 7.60 Å². The van der Waals surface area contributed by atoms with Gasteiger partial charge in [-0.3, -0.25) is 4.57 Å². The summed E-state index contributed by atoms with van der Waals surface area (Å²) in [6, 6.07) is 9.90. The van der Waals surface area contributed by atoms with E-state index in [1.807, 2.05) is 42.3 Å². The Morgan fingerprint density at radius 3 is 2.53 bits per heavy atom. The van der Waals surface area contributed by atoms with Crippen molar-refractivity contribution >= 4 is 36.0 Å².